The molecule has 4 heteroatoms. The third kappa shape index (κ3) is 1.97. The molecular formula is C6H11N3S. The van der Waals surface area contributed by atoms with Gasteiger partial charge in [-0.2, -0.15) is 4.37 Å². The fraction of sp³-hybridized carbons (Fsp3) is 0.500. The number of aromatic nitrogens is 1. The molecule has 1 heterocycles. The highest BCUT2D eigenvalue weighted by atomic mass is 32.1. The van der Waals surface area contributed by atoms with Crippen LogP contribution in [-0.4, -0.2) is 23.4 Å². The molecule has 3 nitrogen and oxygen atoms in total. The third-order valence-electron chi connectivity index (χ3n) is 1.06. The van der Waals surface area contributed by atoms with Crippen molar-refractivity contribution in [1.82, 2.24) is 9.27 Å². The van der Waals surface area contributed by atoms with Gasteiger partial charge in [0.25, 0.3) is 0 Å². The molecule has 0 saturated heterocycles. The summed E-state index contributed by atoms with van der Waals surface area (Å²) in [5.41, 5.74) is 6.54. The van der Waals surface area contributed by atoms with Gasteiger partial charge in [-0.25, -0.2) is 0 Å². The monoisotopic (exact) mass is 157 g/mol. The lowest BCUT2D eigenvalue weighted by Gasteiger charge is -2.04. The van der Waals surface area contributed by atoms with E-state index in [-0.39, 0.29) is 0 Å². The molecule has 0 atom stereocenters. The molecule has 1 aromatic heterocycles. The van der Waals surface area contributed by atoms with Gasteiger partial charge in [0.05, 0.1) is 5.69 Å². The Hall–Kier alpha value is -0.610. The van der Waals surface area contributed by atoms with E-state index in [0.717, 1.165) is 17.2 Å². The molecule has 0 aliphatic rings. The van der Waals surface area contributed by atoms with E-state index < -0.39 is 0 Å². The minimum absolute atomic E-state index is 0.789. The molecule has 0 aliphatic carbocycles. The quantitative estimate of drug-likeness (QED) is 0.690. The van der Waals surface area contributed by atoms with Crippen molar-refractivity contribution < 1.29 is 0 Å². The average Bonchev–Trinajstić information content (AvgIpc) is 2.13. The van der Waals surface area contributed by atoms with E-state index in [0.29, 0.717) is 0 Å². The van der Waals surface area contributed by atoms with Crippen molar-refractivity contribution in [2.24, 2.45) is 0 Å². The van der Waals surface area contributed by atoms with Crippen molar-refractivity contribution in [3.63, 3.8) is 0 Å². The zero-order valence-corrected chi connectivity index (χ0v) is 6.98. The van der Waals surface area contributed by atoms with Crippen LogP contribution in [0.2, 0.25) is 0 Å². The van der Waals surface area contributed by atoms with Crippen molar-refractivity contribution in [2.75, 3.05) is 19.8 Å². The highest BCUT2D eigenvalue weighted by Crippen LogP contribution is 2.11. The van der Waals surface area contributed by atoms with Crippen LogP contribution >= 0.6 is 11.5 Å². The van der Waals surface area contributed by atoms with Crippen molar-refractivity contribution in [1.29, 1.82) is 0 Å². The minimum atomic E-state index is 0.789. The van der Waals surface area contributed by atoms with Gasteiger partial charge in [-0.05, 0) is 31.7 Å². The van der Waals surface area contributed by atoms with E-state index in [1.165, 1.54) is 11.5 Å². The topological polar surface area (TPSA) is 42.1 Å². The van der Waals surface area contributed by atoms with Crippen LogP contribution in [0, 0.1) is 0 Å². The third-order valence-corrected chi connectivity index (χ3v) is 1.71. The van der Waals surface area contributed by atoms with Crippen LogP contribution in [0.15, 0.2) is 6.07 Å². The summed E-state index contributed by atoms with van der Waals surface area (Å²) in [6.07, 6.45) is 0. The van der Waals surface area contributed by atoms with Gasteiger partial charge in [-0.15, -0.1) is 0 Å². The molecule has 0 fully saturated rings. The Morgan fingerprint density at radius 2 is 2.40 bits per heavy atom. The summed E-state index contributed by atoms with van der Waals surface area (Å²) in [4.78, 5) is 2.06. The van der Waals surface area contributed by atoms with Crippen molar-refractivity contribution in [3.8, 4) is 0 Å². The van der Waals surface area contributed by atoms with E-state index in [2.05, 4.69) is 9.27 Å². The molecule has 0 spiro atoms. The predicted molar refractivity (Wildman–Crippen MR) is 43.9 cm³/mol. The smallest absolute Gasteiger partial charge is 0.107 e. The fourth-order valence-corrected chi connectivity index (χ4v) is 1.25. The van der Waals surface area contributed by atoms with E-state index >= 15 is 0 Å². The Bertz CT molecular complexity index is 207. The van der Waals surface area contributed by atoms with Crippen LogP contribution in [0.5, 0.6) is 0 Å². The molecule has 0 unspecified atom stereocenters. The Labute approximate surface area is 64.6 Å². The molecule has 56 valence electrons. The fourth-order valence-electron chi connectivity index (χ4n) is 0.727. The minimum Gasteiger partial charge on any atom is -0.389 e. The maximum absolute atomic E-state index is 5.49. The highest BCUT2D eigenvalue weighted by molar-refractivity contribution is 7.09. The molecule has 0 amide bonds. The molecule has 0 bridgehead atoms. The summed E-state index contributed by atoms with van der Waals surface area (Å²) in [6, 6.07) is 1.91. The summed E-state index contributed by atoms with van der Waals surface area (Å²) < 4.78 is 4.13. The first kappa shape index (κ1) is 7.50. The lowest BCUT2D eigenvalue weighted by Crippen LogP contribution is -2.10. The predicted octanol–water partition coefficient (Wildman–Crippen LogP) is 0.787. The van der Waals surface area contributed by atoms with E-state index in [1.54, 1.807) is 0 Å². The number of rotatable bonds is 2. The second-order valence-corrected chi connectivity index (χ2v) is 3.29. The molecule has 10 heavy (non-hydrogen) atoms. The average molecular weight is 157 g/mol. The van der Waals surface area contributed by atoms with Gasteiger partial charge >= 0.3 is 0 Å². The zero-order valence-electron chi connectivity index (χ0n) is 6.16. The number of nitrogens with two attached hydrogens (primary N) is 1. The second kappa shape index (κ2) is 2.98. The largest absolute Gasteiger partial charge is 0.389 e. The van der Waals surface area contributed by atoms with Crippen molar-refractivity contribution in [2.45, 2.75) is 6.54 Å². The molecule has 1 rings (SSSR count). The van der Waals surface area contributed by atoms with Gasteiger partial charge < -0.3 is 10.6 Å². The van der Waals surface area contributed by atoms with E-state index in [4.69, 9.17) is 5.73 Å². The lowest BCUT2D eigenvalue weighted by molar-refractivity contribution is 0.398. The van der Waals surface area contributed by atoms with Crippen LogP contribution in [0.25, 0.3) is 0 Å². The number of hydrogen-bond acceptors (Lipinski definition) is 4. The van der Waals surface area contributed by atoms with Crippen molar-refractivity contribution >= 4 is 16.5 Å². The van der Waals surface area contributed by atoms with Gasteiger partial charge in [0.15, 0.2) is 0 Å². The first-order valence-corrected chi connectivity index (χ1v) is 3.81. The maximum atomic E-state index is 5.49. The molecular weight excluding hydrogens is 146 g/mol. The highest BCUT2D eigenvalue weighted by Gasteiger charge is 1.98. The molecule has 2 N–H and O–H groups in total. The molecule has 0 saturated carbocycles. The summed E-state index contributed by atoms with van der Waals surface area (Å²) in [6.45, 7) is 0.869. The summed E-state index contributed by atoms with van der Waals surface area (Å²) in [5.74, 6) is 0. The maximum Gasteiger partial charge on any atom is 0.107 e. The van der Waals surface area contributed by atoms with Crippen LogP contribution in [-0.2, 0) is 6.54 Å². The lowest BCUT2D eigenvalue weighted by atomic mass is 10.4. The molecule has 0 aromatic carbocycles. The summed E-state index contributed by atoms with van der Waals surface area (Å²) in [7, 11) is 4.02. The van der Waals surface area contributed by atoms with Crippen molar-refractivity contribution in [3.05, 3.63) is 11.8 Å². The molecule has 1 aromatic rings. The first-order valence-electron chi connectivity index (χ1n) is 3.04. The Morgan fingerprint density at radius 1 is 1.70 bits per heavy atom. The Kier molecular flexibility index (Phi) is 2.24. The standard InChI is InChI=1S/C6H11N3S/c1-9(2)4-5-3-6(7)10-8-5/h3H,4,7H2,1-2H3. The van der Waals surface area contributed by atoms with Crippen LogP contribution < -0.4 is 5.73 Å². The van der Waals surface area contributed by atoms with Gasteiger partial charge in [0.1, 0.15) is 5.00 Å². The van der Waals surface area contributed by atoms with Crippen LogP contribution in [0.4, 0.5) is 5.00 Å². The molecule has 0 aliphatic heterocycles. The van der Waals surface area contributed by atoms with E-state index in [1.807, 2.05) is 20.2 Å². The van der Waals surface area contributed by atoms with Gasteiger partial charge in [-0.1, -0.05) is 0 Å². The molecule has 0 radical (unpaired) electrons. The summed E-state index contributed by atoms with van der Waals surface area (Å²) >= 11 is 1.35. The zero-order chi connectivity index (χ0) is 7.56. The number of hydrogen-bond donors (Lipinski definition) is 1. The first-order chi connectivity index (χ1) is 4.68. The van der Waals surface area contributed by atoms with Crippen LogP contribution in [0.3, 0.4) is 0 Å². The second-order valence-electron chi connectivity index (χ2n) is 2.46. The Balaban J connectivity index is 2.58. The van der Waals surface area contributed by atoms with Crippen LogP contribution in [0.1, 0.15) is 5.69 Å². The number of nitrogens with zero attached hydrogens (tertiary/aromatic N) is 2. The van der Waals surface area contributed by atoms with E-state index in [9.17, 15) is 0 Å². The number of nitrogen functional groups attached to an aromatic ring is 1. The van der Waals surface area contributed by atoms with Gasteiger partial charge in [0, 0.05) is 6.54 Å². The number of anilines is 1. The Morgan fingerprint density at radius 3 is 2.80 bits per heavy atom. The SMILES string of the molecule is CN(C)Cc1cc(N)sn1. The van der Waals surface area contributed by atoms with Gasteiger partial charge in [0.2, 0.25) is 0 Å². The van der Waals surface area contributed by atoms with Gasteiger partial charge in [-0.3, -0.25) is 0 Å². The normalized spacial score (nSPS) is 10.7. The summed E-state index contributed by atoms with van der Waals surface area (Å²) in [5, 5.41) is 0.789.